The van der Waals surface area contributed by atoms with Crippen LogP contribution < -0.4 is 19.9 Å². The zero-order valence-corrected chi connectivity index (χ0v) is 19.5. The van der Waals surface area contributed by atoms with Gasteiger partial charge in [-0.15, -0.1) is 0 Å². The zero-order chi connectivity index (χ0) is 24.4. The summed E-state index contributed by atoms with van der Waals surface area (Å²) in [5.41, 5.74) is 2.15. The normalized spacial score (nSPS) is 14.9. The number of anilines is 2. The number of nitrogens with zero attached hydrogens (tertiary/aromatic N) is 3. The smallest absolute Gasteiger partial charge is 0.266 e. The second kappa shape index (κ2) is 9.58. The van der Waals surface area contributed by atoms with E-state index in [9.17, 15) is 14.4 Å². The molecule has 35 heavy (non-hydrogen) atoms. The highest BCUT2D eigenvalue weighted by Crippen LogP contribution is 2.30. The first-order chi connectivity index (χ1) is 17.0. The fourth-order valence-corrected chi connectivity index (χ4v) is 4.41. The van der Waals surface area contributed by atoms with Crippen LogP contribution >= 0.6 is 0 Å². The number of aromatic nitrogens is 1. The Kier molecular flexibility index (Phi) is 6.18. The second-order valence-electron chi connectivity index (χ2n) is 8.53. The molecule has 1 N–H and O–H groups in total. The van der Waals surface area contributed by atoms with E-state index < -0.39 is 11.8 Å². The van der Waals surface area contributed by atoms with Crippen molar-refractivity contribution in [2.75, 3.05) is 29.5 Å². The summed E-state index contributed by atoms with van der Waals surface area (Å²) in [6.07, 6.45) is 4.15. The van der Waals surface area contributed by atoms with Crippen molar-refractivity contribution in [3.8, 4) is 5.75 Å². The molecule has 1 aromatic heterocycles. The lowest BCUT2D eigenvalue weighted by atomic mass is 10.1. The standard InChI is InChI=1S/C27H26N4O4/c1-2-35-21-9-7-20(8-10-21)31-26(33)22-11-6-19(15-23(22)27(31)34)25(32)29-17-18-5-12-24(28-16-18)30-13-3-4-14-30/h5-12,15-16H,2-4,13-14,17H2,1H3,(H,29,32). The molecule has 2 aliphatic rings. The number of ether oxygens (including phenoxy) is 1. The van der Waals surface area contributed by atoms with Gasteiger partial charge in [-0.2, -0.15) is 0 Å². The van der Waals surface area contributed by atoms with Crippen LogP contribution in [0.5, 0.6) is 5.75 Å². The molecule has 0 aliphatic carbocycles. The van der Waals surface area contributed by atoms with Crippen LogP contribution in [0, 0.1) is 0 Å². The number of fused-ring (bicyclic) bond motifs is 1. The first-order valence-electron chi connectivity index (χ1n) is 11.8. The molecule has 3 heterocycles. The Morgan fingerprint density at radius 2 is 1.71 bits per heavy atom. The summed E-state index contributed by atoms with van der Waals surface area (Å²) in [7, 11) is 0. The first kappa shape index (κ1) is 22.6. The van der Waals surface area contributed by atoms with Crippen LogP contribution in [0.4, 0.5) is 11.5 Å². The number of benzene rings is 2. The minimum atomic E-state index is -0.453. The number of carbonyl (C=O) groups is 3. The van der Waals surface area contributed by atoms with Gasteiger partial charge in [-0.1, -0.05) is 6.07 Å². The molecule has 5 rings (SSSR count). The van der Waals surface area contributed by atoms with Gasteiger partial charge in [0.1, 0.15) is 11.6 Å². The third-order valence-electron chi connectivity index (χ3n) is 6.25. The van der Waals surface area contributed by atoms with Crippen LogP contribution in [-0.2, 0) is 6.54 Å². The summed E-state index contributed by atoms with van der Waals surface area (Å²) in [6.45, 7) is 4.77. The highest BCUT2D eigenvalue weighted by atomic mass is 16.5. The van der Waals surface area contributed by atoms with Gasteiger partial charge in [0, 0.05) is 31.4 Å². The molecule has 178 valence electrons. The topological polar surface area (TPSA) is 91.8 Å². The Labute approximate surface area is 203 Å². The van der Waals surface area contributed by atoms with E-state index in [1.54, 1.807) is 36.5 Å². The number of nitrogens with one attached hydrogen (secondary N) is 1. The number of hydrogen-bond acceptors (Lipinski definition) is 6. The zero-order valence-electron chi connectivity index (χ0n) is 19.5. The van der Waals surface area contributed by atoms with E-state index >= 15 is 0 Å². The molecule has 1 fully saturated rings. The van der Waals surface area contributed by atoms with E-state index in [0.29, 0.717) is 30.2 Å². The van der Waals surface area contributed by atoms with Crippen molar-refractivity contribution in [3.63, 3.8) is 0 Å². The highest BCUT2D eigenvalue weighted by molar-refractivity contribution is 6.34. The lowest BCUT2D eigenvalue weighted by Gasteiger charge is -2.16. The molecule has 0 radical (unpaired) electrons. The summed E-state index contributed by atoms with van der Waals surface area (Å²) in [4.78, 5) is 46.6. The molecule has 8 heteroatoms. The first-order valence-corrected chi connectivity index (χ1v) is 11.8. The second-order valence-corrected chi connectivity index (χ2v) is 8.53. The average Bonchev–Trinajstić information content (AvgIpc) is 3.51. The molecule has 0 unspecified atom stereocenters. The average molecular weight is 471 g/mol. The molecular formula is C27H26N4O4. The molecule has 0 spiro atoms. The molecule has 0 bridgehead atoms. The van der Waals surface area contributed by atoms with Crippen molar-refractivity contribution in [1.29, 1.82) is 0 Å². The Balaban J connectivity index is 1.26. The summed E-state index contributed by atoms with van der Waals surface area (Å²) < 4.78 is 5.43. The fraction of sp³-hybridized carbons (Fsp3) is 0.259. The molecule has 3 amide bonds. The Morgan fingerprint density at radius 1 is 0.971 bits per heavy atom. The van der Waals surface area contributed by atoms with Crippen LogP contribution in [0.3, 0.4) is 0 Å². The predicted molar refractivity (Wildman–Crippen MR) is 132 cm³/mol. The van der Waals surface area contributed by atoms with Crippen molar-refractivity contribution in [2.45, 2.75) is 26.3 Å². The molecule has 8 nitrogen and oxygen atoms in total. The lowest BCUT2D eigenvalue weighted by molar-refractivity contribution is 0.0923. The maximum absolute atomic E-state index is 13.0. The van der Waals surface area contributed by atoms with Gasteiger partial charge < -0.3 is 15.0 Å². The molecule has 2 aromatic carbocycles. The van der Waals surface area contributed by atoms with Gasteiger partial charge in [0.2, 0.25) is 0 Å². The number of pyridine rings is 1. The highest BCUT2D eigenvalue weighted by Gasteiger charge is 2.37. The van der Waals surface area contributed by atoms with Crippen LogP contribution in [-0.4, -0.2) is 42.4 Å². The van der Waals surface area contributed by atoms with Gasteiger partial charge >= 0.3 is 0 Å². The van der Waals surface area contributed by atoms with Gasteiger partial charge in [-0.05, 0) is 73.9 Å². The van der Waals surface area contributed by atoms with E-state index in [4.69, 9.17) is 4.74 Å². The number of hydrogen-bond donors (Lipinski definition) is 1. The maximum Gasteiger partial charge on any atom is 0.266 e. The van der Waals surface area contributed by atoms with E-state index in [1.165, 1.54) is 25.0 Å². The lowest BCUT2D eigenvalue weighted by Crippen LogP contribution is -2.29. The minimum absolute atomic E-state index is 0.216. The van der Waals surface area contributed by atoms with E-state index in [2.05, 4.69) is 15.2 Å². The van der Waals surface area contributed by atoms with Crippen LogP contribution in [0.1, 0.15) is 56.4 Å². The molecule has 2 aliphatic heterocycles. The van der Waals surface area contributed by atoms with Crippen molar-refractivity contribution >= 4 is 29.2 Å². The van der Waals surface area contributed by atoms with Gasteiger partial charge in [-0.25, -0.2) is 9.88 Å². The fourth-order valence-electron chi connectivity index (χ4n) is 4.41. The third kappa shape index (κ3) is 4.47. The molecule has 0 saturated carbocycles. The summed E-state index contributed by atoms with van der Waals surface area (Å²) in [6, 6.07) is 15.3. The molecular weight excluding hydrogens is 444 g/mol. The van der Waals surface area contributed by atoms with Crippen molar-refractivity contribution in [3.05, 3.63) is 83.0 Å². The quantitative estimate of drug-likeness (QED) is 0.528. The van der Waals surface area contributed by atoms with Gasteiger partial charge in [0.05, 0.1) is 23.4 Å². The Hall–Kier alpha value is -4.20. The van der Waals surface area contributed by atoms with Gasteiger partial charge in [-0.3, -0.25) is 14.4 Å². The van der Waals surface area contributed by atoms with Crippen molar-refractivity contribution < 1.29 is 19.1 Å². The Morgan fingerprint density at radius 3 is 2.40 bits per heavy atom. The third-order valence-corrected chi connectivity index (χ3v) is 6.25. The molecule has 0 atom stereocenters. The Bertz CT molecular complexity index is 1270. The summed E-state index contributed by atoms with van der Waals surface area (Å²) >= 11 is 0. The molecule has 3 aromatic rings. The summed E-state index contributed by atoms with van der Waals surface area (Å²) in [5.74, 6) is 0.427. The minimum Gasteiger partial charge on any atom is -0.494 e. The predicted octanol–water partition coefficient (Wildman–Crippen LogP) is 3.81. The maximum atomic E-state index is 13.0. The number of imide groups is 1. The van der Waals surface area contributed by atoms with Gasteiger partial charge in [0.15, 0.2) is 0 Å². The SMILES string of the molecule is CCOc1ccc(N2C(=O)c3ccc(C(=O)NCc4ccc(N5CCCC5)nc4)cc3C2=O)cc1. The number of amides is 3. The van der Waals surface area contributed by atoms with Crippen LogP contribution in [0.25, 0.3) is 0 Å². The molecule has 1 saturated heterocycles. The summed E-state index contributed by atoms with van der Waals surface area (Å²) in [5, 5.41) is 2.87. The number of carbonyl (C=O) groups excluding carboxylic acids is 3. The van der Waals surface area contributed by atoms with Crippen LogP contribution in [0.2, 0.25) is 0 Å². The van der Waals surface area contributed by atoms with Crippen molar-refractivity contribution in [2.24, 2.45) is 0 Å². The van der Waals surface area contributed by atoms with E-state index in [1.807, 2.05) is 19.1 Å². The van der Waals surface area contributed by atoms with E-state index in [0.717, 1.165) is 29.4 Å². The largest absolute Gasteiger partial charge is 0.494 e. The van der Waals surface area contributed by atoms with Crippen LogP contribution in [0.15, 0.2) is 60.8 Å². The van der Waals surface area contributed by atoms with E-state index in [-0.39, 0.29) is 17.0 Å². The monoisotopic (exact) mass is 470 g/mol. The van der Waals surface area contributed by atoms with Crippen molar-refractivity contribution in [1.82, 2.24) is 10.3 Å². The number of rotatable bonds is 7. The van der Waals surface area contributed by atoms with Gasteiger partial charge in [0.25, 0.3) is 17.7 Å².